The summed E-state index contributed by atoms with van der Waals surface area (Å²) in [5, 5.41) is 4.88. The van der Waals surface area contributed by atoms with Gasteiger partial charge < -0.3 is 9.55 Å². The monoisotopic (exact) mass is 894 g/mol. The molecular formula is C49H39IrN3S-2. The van der Waals surface area contributed by atoms with Crippen LogP contribution in [0.1, 0.15) is 26.3 Å². The van der Waals surface area contributed by atoms with Gasteiger partial charge in [-0.25, -0.2) is 0 Å². The van der Waals surface area contributed by atoms with E-state index in [-0.39, 0.29) is 25.5 Å². The van der Waals surface area contributed by atoms with Crippen LogP contribution in [0, 0.1) is 16.9 Å². The molecular weight excluding hydrogens is 855 g/mol. The van der Waals surface area contributed by atoms with Gasteiger partial charge >= 0.3 is 0 Å². The van der Waals surface area contributed by atoms with Gasteiger partial charge in [0.25, 0.3) is 0 Å². The van der Waals surface area contributed by atoms with E-state index in [1.807, 2.05) is 42.5 Å². The molecule has 0 amide bonds. The third-order valence-electron chi connectivity index (χ3n) is 9.17. The summed E-state index contributed by atoms with van der Waals surface area (Å²) in [6.45, 7) is 6.88. The predicted molar refractivity (Wildman–Crippen MR) is 223 cm³/mol. The zero-order chi connectivity index (χ0) is 36.2. The van der Waals surface area contributed by atoms with Crippen LogP contribution >= 0.6 is 11.3 Å². The van der Waals surface area contributed by atoms with E-state index >= 15 is 0 Å². The van der Waals surface area contributed by atoms with Gasteiger partial charge in [0.2, 0.25) is 0 Å². The Hall–Kier alpha value is -5.45. The van der Waals surface area contributed by atoms with E-state index < -0.39 is 0 Å². The van der Waals surface area contributed by atoms with Crippen LogP contribution in [0.2, 0.25) is 0 Å². The second kappa shape index (κ2) is 16.3. The maximum Gasteiger partial charge on any atom is 0.0774 e. The number of thiophene rings is 1. The van der Waals surface area contributed by atoms with Gasteiger partial charge in [0.15, 0.2) is 0 Å². The fraction of sp³-hybridized carbons (Fsp3) is 0.102. The van der Waals surface area contributed by atoms with Crippen LogP contribution in [0.5, 0.6) is 0 Å². The number of pyridine rings is 1. The van der Waals surface area contributed by atoms with E-state index in [0.717, 1.165) is 45.8 Å². The summed E-state index contributed by atoms with van der Waals surface area (Å²) in [6, 6.07) is 60.1. The summed E-state index contributed by atoms with van der Waals surface area (Å²) in [5.74, 6) is 0.922. The fourth-order valence-electron chi connectivity index (χ4n) is 6.89. The number of nitrogens with zero attached hydrogens (tertiary/aromatic N) is 3. The molecule has 0 aliphatic heterocycles. The maximum atomic E-state index is 5.29. The van der Waals surface area contributed by atoms with Gasteiger partial charge in [0, 0.05) is 37.4 Å². The third-order valence-corrected chi connectivity index (χ3v) is 10.1. The van der Waals surface area contributed by atoms with Crippen molar-refractivity contribution in [1.82, 2.24) is 14.5 Å². The van der Waals surface area contributed by atoms with Crippen molar-refractivity contribution >= 4 is 32.5 Å². The van der Waals surface area contributed by atoms with E-state index in [0.29, 0.717) is 0 Å². The molecule has 1 radical (unpaired) electrons. The topological polar surface area (TPSA) is 30.7 Å². The van der Waals surface area contributed by atoms with E-state index in [1.165, 1.54) is 37.9 Å². The van der Waals surface area contributed by atoms with Crippen LogP contribution < -0.4 is 0 Å². The average Bonchev–Trinajstić information content (AvgIpc) is 3.80. The van der Waals surface area contributed by atoms with Gasteiger partial charge in [0.1, 0.15) is 0 Å². The Morgan fingerprint density at radius 2 is 1.33 bits per heavy atom. The summed E-state index contributed by atoms with van der Waals surface area (Å²) >= 11 is 1.67. The first kappa shape index (κ1) is 36.9. The summed E-state index contributed by atoms with van der Waals surface area (Å²) in [7, 11) is 0. The summed E-state index contributed by atoms with van der Waals surface area (Å²) in [4.78, 5) is 9.51. The van der Waals surface area contributed by atoms with E-state index in [4.69, 9.17) is 4.98 Å². The minimum atomic E-state index is 0. The Balaban J connectivity index is 0.000000294. The van der Waals surface area contributed by atoms with Crippen molar-refractivity contribution in [2.45, 2.75) is 27.2 Å². The SMILES string of the molecule is CC(C)(C)Cc1ccc2s[c-]c(-c3nc4ccccc4n3-c3c(-c4ccccc4)cccc3-c3ccccc3)c2c1.[Ir].[c-]1ccccc1-c1ccccn1. The molecule has 5 heteroatoms. The number of para-hydroxylation sites is 3. The zero-order valence-electron chi connectivity index (χ0n) is 30.5. The molecule has 0 spiro atoms. The predicted octanol–water partition coefficient (Wildman–Crippen LogP) is 13.2. The van der Waals surface area contributed by atoms with Gasteiger partial charge in [-0.05, 0) is 46.9 Å². The van der Waals surface area contributed by atoms with Crippen LogP contribution in [0.4, 0.5) is 0 Å². The largest absolute Gasteiger partial charge is 0.332 e. The van der Waals surface area contributed by atoms with Crippen molar-refractivity contribution in [2.75, 3.05) is 0 Å². The van der Waals surface area contributed by atoms with Crippen molar-refractivity contribution in [3.8, 4) is 50.6 Å². The standard InChI is InChI=1S/C38H31N2S.C11H8N.Ir/c1-38(2,3)24-26-21-22-35-31(23-26)32(25-41-35)37-39-33-19-10-11-20-34(33)40(37)36-29(27-13-6-4-7-14-27)17-12-18-30(36)28-15-8-5-9-16-28;1-2-6-10(7-3-1)11-8-4-5-9-12-11;/h4-23H,24H2,1-3H3;1-6,8-9H;/q2*-1;. The van der Waals surface area contributed by atoms with Crippen LogP contribution in [0.15, 0.2) is 170 Å². The van der Waals surface area contributed by atoms with E-state index in [1.54, 1.807) is 17.5 Å². The molecule has 54 heavy (non-hydrogen) atoms. The molecule has 9 rings (SSSR count). The Morgan fingerprint density at radius 1 is 0.667 bits per heavy atom. The number of rotatable bonds is 6. The molecule has 3 aromatic heterocycles. The third kappa shape index (κ3) is 7.90. The van der Waals surface area contributed by atoms with Gasteiger partial charge in [-0.3, -0.25) is 16.3 Å². The quantitative estimate of drug-likeness (QED) is 0.156. The van der Waals surface area contributed by atoms with Gasteiger partial charge in [-0.1, -0.05) is 157 Å². The molecule has 267 valence electrons. The molecule has 0 fully saturated rings. The molecule has 9 aromatic rings. The smallest absolute Gasteiger partial charge is 0.0774 e. The number of fused-ring (bicyclic) bond motifs is 2. The Labute approximate surface area is 335 Å². The second-order valence-electron chi connectivity index (χ2n) is 14.3. The minimum absolute atomic E-state index is 0. The van der Waals surface area contributed by atoms with E-state index in [9.17, 15) is 0 Å². The van der Waals surface area contributed by atoms with E-state index in [2.05, 4.69) is 163 Å². The van der Waals surface area contributed by atoms with Crippen molar-refractivity contribution in [1.29, 1.82) is 0 Å². The Morgan fingerprint density at radius 3 is 1.98 bits per heavy atom. The van der Waals surface area contributed by atoms with Gasteiger partial charge in [-0.15, -0.1) is 47.3 Å². The Bertz CT molecular complexity index is 2510. The number of benzene rings is 6. The first-order chi connectivity index (χ1) is 25.9. The second-order valence-corrected chi connectivity index (χ2v) is 15.2. The molecule has 3 heterocycles. The molecule has 0 saturated carbocycles. The molecule has 0 bridgehead atoms. The number of aromatic nitrogens is 3. The van der Waals surface area contributed by atoms with Crippen molar-refractivity contribution in [2.24, 2.45) is 5.41 Å². The van der Waals surface area contributed by atoms with Crippen molar-refractivity contribution in [3.63, 3.8) is 0 Å². The molecule has 0 aliphatic rings. The fourth-order valence-corrected chi connectivity index (χ4v) is 7.71. The van der Waals surface area contributed by atoms with Crippen LogP contribution in [0.3, 0.4) is 0 Å². The number of hydrogen-bond donors (Lipinski definition) is 0. The van der Waals surface area contributed by atoms with Crippen LogP contribution in [0.25, 0.3) is 71.7 Å². The van der Waals surface area contributed by atoms with Crippen molar-refractivity contribution in [3.05, 3.63) is 187 Å². The molecule has 0 atom stereocenters. The molecule has 0 aliphatic carbocycles. The minimum Gasteiger partial charge on any atom is -0.332 e. The normalized spacial score (nSPS) is 11.2. The number of hydrogen-bond acceptors (Lipinski definition) is 3. The number of imidazole rings is 1. The van der Waals surface area contributed by atoms with Gasteiger partial charge in [-0.2, -0.15) is 0 Å². The van der Waals surface area contributed by atoms with Gasteiger partial charge in [0.05, 0.1) is 22.5 Å². The maximum absolute atomic E-state index is 5.29. The van der Waals surface area contributed by atoms with Crippen LogP contribution in [-0.4, -0.2) is 14.5 Å². The summed E-state index contributed by atoms with van der Waals surface area (Å²) in [6.07, 6.45) is 2.81. The molecule has 0 saturated heterocycles. The molecule has 0 unspecified atom stereocenters. The molecule has 3 nitrogen and oxygen atoms in total. The first-order valence-corrected chi connectivity index (χ1v) is 18.8. The zero-order valence-corrected chi connectivity index (χ0v) is 33.7. The Kier molecular flexibility index (Phi) is 11.1. The van der Waals surface area contributed by atoms with Crippen LogP contribution in [-0.2, 0) is 26.5 Å². The summed E-state index contributed by atoms with van der Waals surface area (Å²) < 4.78 is 3.60. The summed E-state index contributed by atoms with van der Waals surface area (Å²) in [5.41, 5.74) is 12.5. The first-order valence-electron chi connectivity index (χ1n) is 18.0. The van der Waals surface area contributed by atoms with Crippen molar-refractivity contribution < 1.29 is 20.1 Å². The molecule has 6 aromatic carbocycles. The molecule has 0 N–H and O–H groups in total. The average molecular weight is 894 g/mol.